The molecule has 1 fully saturated rings. The van der Waals surface area contributed by atoms with Gasteiger partial charge in [0.15, 0.2) is 0 Å². The molecule has 0 unspecified atom stereocenters. The maximum atomic E-state index is 12.2. The van der Waals surface area contributed by atoms with E-state index in [1.54, 1.807) is 19.1 Å². The molecule has 1 saturated heterocycles. The minimum absolute atomic E-state index is 0.0226. The summed E-state index contributed by atoms with van der Waals surface area (Å²) >= 11 is 0. The summed E-state index contributed by atoms with van der Waals surface area (Å²) in [4.78, 5) is 0.0226. The van der Waals surface area contributed by atoms with Crippen molar-refractivity contribution in [2.45, 2.75) is 24.7 Å². The van der Waals surface area contributed by atoms with Crippen molar-refractivity contribution in [3.8, 4) is 5.75 Å². The van der Waals surface area contributed by atoms with Crippen molar-refractivity contribution >= 4 is 10.0 Å². The van der Waals surface area contributed by atoms with Crippen molar-refractivity contribution < 1.29 is 13.5 Å². The predicted molar refractivity (Wildman–Crippen MR) is 60.8 cm³/mol. The van der Waals surface area contributed by atoms with Crippen molar-refractivity contribution in [3.05, 3.63) is 23.8 Å². The number of aryl methyl sites for hydroxylation is 1. The molecule has 0 aliphatic carbocycles. The fourth-order valence-electron chi connectivity index (χ4n) is 1.91. The Balaban J connectivity index is 2.47. The molecule has 0 radical (unpaired) electrons. The van der Waals surface area contributed by atoms with Crippen LogP contribution >= 0.6 is 0 Å². The van der Waals surface area contributed by atoms with Gasteiger partial charge >= 0.3 is 0 Å². The average Bonchev–Trinajstić information content (AvgIpc) is 2.75. The normalized spacial score (nSPS) is 17.8. The second-order valence-electron chi connectivity index (χ2n) is 4.03. The van der Waals surface area contributed by atoms with Crippen LogP contribution in [0.4, 0.5) is 0 Å². The molecule has 5 heteroatoms. The van der Waals surface area contributed by atoms with Gasteiger partial charge in [-0.15, -0.1) is 0 Å². The molecule has 0 aromatic heterocycles. The molecule has 0 saturated carbocycles. The number of phenols is 1. The van der Waals surface area contributed by atoms with Crippen molar-refractivity contribution in [3.63, 3.8) is 0 Å². The minimum Gasteiger partial charge on any atom is -0.506 e. The van der Waals surface area contributed by atoms with E-state index in [0.717, 1.165) is 12.8 Å². The highest BCUT2D eigenvalue weighted by atomic mass is 32.2. The van der Waals surface area contributed by atoms with Crippen molar-refractivity contribution in [2.24, 2.45) is 0 Å². The van der Waals surface area contributed by atoms with Crippen LogP contribution in [0.15, 0.2) is 23.1 Å². The van der Waals surface area contributed by atoms with E-state index in [2.05, 4.69) is 0 Å². The molecule has 2 rings (SSSR count). The Labute approximate surface area is 95.6 Å². The van der Waals surface area contributed by atoms with Gasteiger partial charge in [0.1, 0.15) is 10.6 Å². The third-order valence-corrected chi connectivity index (χ3v) is 4.81. The highest BCUT2D eigenvalue weighted by molar-refractivity contribution is 7.89. The van der Waals surface area contributed by atoms with Crippen LogP contribution in [-0.2, 0) is 10.0 Å². The second kappa shape index (κ2) is 4.07. The lowest BCUT2D eigenvalue weighted by Gasteiger charge is -2.16. The Hall–Kier alpha value is -1.07. The first kappa shape index (κ1) is 11.4. The lowest BCUT2D eigenvalue weighted by molar-refractivity contribution is 0.440. The SMILES string of the molecule is Cc1cccc(S(=O)(=O)N2CCCC2)c1O. The quantitative estimate of drug-likeness (QED) is 0.853. The van der Waals surface area contributed by atoms with Gasteiger partial charge in [0.2, 0.25) is 10.0 Å². The summed E-state index contributed by atoms with van der Waals surface area (Å²) in [5, 5.41) is 9.79. The van der Waals surface area contributed by atoms with Crippen LogP contribution < -0.4 is 0 Å². The molecular formula is C11H15NO3S. The summed E-state index contributed by atoms with van der Waals surface area (Å²) in [7, 11) is -3.51. The van der Waals surface area contributed by atoms with Gasteiger partial charge < -0.3 is 5.11 Å². The van der Waals surface area contributed by atoms with Crippen LogP contribution in [0, 0.1) is 6.92 Å². The second-order valence-corrected chi connectivity index (χ2v) is 5.94. The molecule has 1 N–H and O–H groups in total. The number of benzene rings is 1. The first-order valence-corrected chi connectivity index (χ1v) is 6.76. The van der Waals surface area contributed by atoms with Crippen LogP contribution in [0.5, 0.6) is 5.75 Å². The van der Waals surface area contributed by atoms with Crippen molar-refractivity contribution in [2.75, 3.05) is 13.1 Å². The Bertz CT molecular complexity index is 490. The lowest BCUT2D eigenvalue weighted by Crippen LogP contribution is -2.27. The van der Waals surface area contributed by atoms with Gasteiger partial charge in [-0.05, 0) is 31.4 Å². The number of rotatable bonds is 2. The van der Waals surface area contributed by atoms with Gasteiger partial charge in [0.25, 0.3) is 0 Å². The molecule has 0 amide bonds. The van der Waals surface area contributed by atoms with Crippen LogP contribution in [0.25, 0.3) is 0 Å². The molecule has 0 atom stereocenters. The monoisotopic (exact) mass is 241 g/mol. The molecule has 16 heavy (non-hydrogen) atoms. The van der Waals surface area contributed by atoms with Crippen molar-refractivity contribution in [1.82, 2.24) is 4.31 Å². The molecule has 4 nitrogen and oxygen atoms in total. The van der Waals surface area contributed by atoms with E-state index in [1.165, 1.54) is 10.4 Å². The highest BCUT2D eigenvalue weighted by Crippen LogP contribution is 2.30. The molecule has 1 aromatic carbocycles. The van der Waals surface area contributed by atoms with Gasteiger partial charge in [-0.3, -0.25) is 0 Å². The summed E-state index contributed by atoms with van der Waals surface area (Å²) in [6.07, 6.45) is 1.79. The lowest BCUT2D eigenvalue weighted by atomic mass is 10.2. The molecule has 1 aromatic rings. The zero-order chi connectivity index (χ0) is 11.8. The van der Waals surface area contributed by atoms with Crippen LogP contribution in [-0.4, -0.2) is 30.9 Å². The first-order valence-electron chi connectivity index (χ1n) is 5.32. The summed E-state index contributed by atoms with van der Waals surface area (Å²) in [6, 6.07) is 4.80. The van der Waals surface area contributed by atoms with Crippen LogP contribution in [0.2, 0.25) is 0 Å². The zero-order valence-electron chi connectivity index (χ0n) is 9.18. The summed E-state index contributed by atoms with van der Waals surface area (Å²) < 4.78 is 25.8. The van der Waals surface area contributed by atoms with E-state index in [9.17, 15) is 13.5 Å². The average molecular weight is 241 g/mol. The summed E-state index contributed by atoms with van der Waals surface area (Å²) in [5.41, 5.74) is 0.584. The maximum absolute atomic E-state index is 12.2. The van der Waals surface area contributed by atoms with E-state index in [4.69, 9.17) is 0 Å². The van der Waals surface area contributed by atoms with E-state index in [1.807, 2.05) is 0 Å². The van der Waals surface area contributed by atoms with Gasteiger partial charge in [-0.2, -0.15) is 4.31 Å². The largest absolute Gasteiger partial charge is 0.506 e. The first-order chi connectivity index (χ1) is 7.53. The molecule has 1 heterocycles. The molecule has 1 aliphatic heterocycles. The van der Waals surface area contributed by atoms with Gasteiger partial charge in [-0.25, -0.2) is 8.42 Å². The molecule has 88 valence electrons. The Morgan fingerprint density at radius 3 is 2.50 bits per heavy atom. The molecule has 0 spiro atoms. The molecule has 1 aliphatic rings. The van der Waals surface area contributed by atoms with Crippen LogP contribution in [0.3, 0.4) is 0 Å². The number of sulfonamides is 1. The summed E-state index contributed by atoms with van der Waals surface area (Å²) in [6.45, 7) is 2.80. The Morgan fingerprint density at radius 2 is 1.88 bits per heavy atom. The van der Waals surface area contributed by atoms with Crippen LogP contribution in [0.1, 0.15) is 18.4 Å². The minimum atomic E-state index is -3.51. The van der Waals surface area contributed by atoms with Gasteiger partial charge in [0.05, 0.1) is 0 Å². The number of hydrogen-bond acceptors (Lipinski definition) is 3. The number of nitrogens with zero attached hydrogens (tertiary/aromatic N) is 1. The molecular weight excluding hydrogens is 226 g/mol. The van der Waals surface area contributed by atoms with E-state index >= 15 is 0 Å². The topological polar surface area (TPSA) is 57.6 Å². The predicted octanol–water partition coefficient (Wildman–Crippen LogP) is 1.49. The number of aromatic hydroxyl groups is 1. The number of phenolic OH excluding ortho intramolecular Hbond substituents is 1. The number of hydrogen-bond donors (Lipinski definition) is 1. The zero-order valence-corrected chi connectivity index (χ0v) is 10.00. The molecule has 0 bridgehead atoms. The van der Waals surface area contributed by atoms with Gasteiger partial charge in [-0.1, -0.05) is 12.1 Å². The fourth-order valence-corrected chi connectivity index (χ4v) is 3.58. The smallest absolute Gasteiger partial charge is 0.246 e. The van der Waals surface area contributed by atoms with E-state index in [-0.39, 0.29) is 10.6 Å². The third kappa shape index (κ3) is 1.81. The van der Waals surface area contributed by atoms with Gasteiger partial charge in [0, 0.05) is 13.1 Å². The summed E-state index contributed by atoms with van der Waals surface area (Å²) in [5.74, 6) is -0.130. The standard InChI is InChI=1S/C11H15NO3S/c1-9-5-4-6-10(11(9)13)16(14,15)12-7-2-3-8-12/h4-6,13H,2-3,7-8H2,1H3. The Kier molecular flexibility index (Phi) is 2.90. The third-order valence-electron chi connectivity index (χ3n) is 2.88. The van der Waals surface area contributed by atoms with E-state index < -0.39 is 10.0 Å². The maximum Gasteiger partial charge on any atom is 0.246 e. The fraction of sp³-hybridized carbons (Fsp3) is 0.455. The highest BCUT2D eigenvalue weighted by Gasteiger charge is 2.29. The van der Waals surface area contributed by atoms with E-state index in [0.29, 0.717) is 18.7 Å². The Morgan fingerprint density at radius 1 is 1.25 bits per heavy atom. The number of para-hydroxylation sites is 1. The van der Waals surface area contributed by atoms with Crippen molar-refractivity contribution in [1.29, 1.82) is 0 Å².